The van der Waals surface area contributed by atoms with E-state index in [4.69, 9.17) is 0 Å². The third-order valence-corrected chi connectivity index (χ3v) is 6.58. The SMILES string of the molecule is CC(C)(C)c1ccc(NC(=O)CCN(C2CCCCCC2)S(C)(=O)=O)cc1. The highest BCUT2D eigenvalue weighted by Gasteiger charge is 2.27. The largest absolute Gasteiger partial charge is 0.326 e. The third-order valence-electron chi connectivity index (χ3n) is 5.25. The van der Waals surface area contributed by atoms with Crippen LogP contribution in [0.25, 0.3) is 0 Å². The molecule has 1 aromatic carbocycles. The van der Waals surface area contributed by atoms with Crippen LogP contribution in [0.1, 0.15) is 71.3 Å². The van der Waals surface area contributed by atoms with Crippen LogP contribution in [0.15, 0.2) is 24.3 Å². The van der Waals surface area contributed by atoms with Gasteiger partial charge in [0.2, 0.25) is 15.9 Å². The van der Waals surface area contributed by atoms with E-state index in [9.17, 15) is 13.2 Å². The second-order valence-corrected chi connectivity index (χ2v) is 10.6. The summed E-state index contributed by atoms with van der Waals surface area (Å²) in [6.45, 7) is 6.69. The number of carbonyl (C=O) groups excluding carboxylic acids is 1. The van der Waals surface area contributed by atoms with E-state index in [1.807, 2.05) is 24.3 Å². The molecule has 1 fully saturated rings. The Morgan fingerprint density at radius 1 is 1.07 bits per heavy atom. The molecule has 1 saturated carbocycles. The van der Waals surface area contributed by atoms with Gasteiger partial charge in [0.25, 0.3) is 0 Å². The molecule has 5 nitrogen and oxygen atoms in total. The van der Waals surface area contributed by atoms with E-state index >= 15 is 0 Å². The Morgan fingerprint density at radius 2 is 1.63 bits per heavy atom. The molecule has 0 atom stereocenters. The van der Waals surface area contributed by atoms with Crippen molar-refractivity contribution in [1.29, 1.82) is 0 Å². The fraction of sp³-hybridized carbons (Fsp3) is 0.667. The van der Waals surface area contributed by atoms with Crippen molar-refractivity contribution in [2.24, 2.45) is 0 Å². The van der Waals surface area contributed by atoms with Gasteiger partial charge in [0.05, 0.1) is 6.26 Å². The Morgan fingerprint density at radius 3 is 2.11 bits per heavy atom. The lowest BCUT2D eigenvalue weighted by molar-refractivity contribution is -0.116. The highest BCUT2D eigenvalue weighted by molar-refractivity contribution is 7.88. The topological polar surface area (TPSA) is 66.5 Å². The van der Waals surface area contributed by atoms with Crippen LogP contribution in [0, 0.1) is 0 Å². The number of hydrogen-bond donors (Lipinski definition) is 1. The van der Waals surface area contributed by atoms with E-state index in [0.29, 0.717) is 0 Å². The minimum absolute atomic E-state index is 0.0290. The summed E-state index contributed by atoms with van der Waals surface area (Å²) in [6, 6.07) is 7.87. The van der Waals surface area contributed by atoms with Crippen LogP contribution in [-0.2, 0) is 20.2 Å². The number of rotatable bonds is 6. The highest BCUT2D eigenvalue weighted by Crippen LogP contribution is 2.25. The summed E-state index contributed by atoms with van der Waals surface area (Å²) in [5.41, 5.74) is 2.02. The molecule has 1 amide bonds. The molecule has 1 aliphatic carbocycles. The third kappa shape index (κ3) is 6.92. The number of carbonyl (C=O) groups is 1. The summed E-state index contributed by atoms with van der Waals surface area (Å²) in [4.78, 5) is 12.3. The molecule has 1 aromatic rings. The molecular weight excluding hydrogens is 360 g/mol. The molecule has 2 rings (SSSR count). The number of nitrogens with zero attached hydrogens (tertiary/aromatic N) is 1. The van der Waals surface area contributed by atoms with Crippen molar-refractivity contribution < 1.29 is 13.2 Å². The Kier molecular flexibility index (Phi) is 7.46. The summed E-state index contributed by atoms with van der Waals surface area (Å²) in [7, 11) is -3.32. The van der Waals surface area contributed by atoms with Crippen LogP contribution >= 0.6 is 0 Å². The Balaban J connectivity index is 1.95. The van der Waals surface area contributed by atoms with E-state index in [-0.39, 0.29) is 30.3 Å². The van der Waals surface area contributed by atoms with Crippen LogP contribution in [0.5, 0.6) is 0 Å². The first-order valence-corrected chi connectivity index (χ1v) is 11.8. The normalized spacial score (nSPS) is 16.9. The predicted molar refractivity (Wildman–Crippen MR) is 111 cm³/mol. The fourth-order valence-corrected chi connectivity index (χ4v) is 4.83. The summed E-state index contributed by atoms with van der Waals surface area (Å²) in [5, 5.41) is 2.88. The zero-order valence-electron chi connectivity index (χ0n) is 17.1. The van der Waals surface area contributed by atoms with Crippen LogP contribution in [0.4, 0.5) is 5.69 Å². The Hall–Kier alpha value is -1.40. The Labute approximate surface area is 164 Å². The average Bonchev–Trinajstić information content (AvgIpc) is 2.82. The molecule has 1 N–H and O–H groups in total. The quantitative estimate of drug-likeness (QED) is 0.732. The molecular formula is C21H34N2O3S. The Bertz CT molecular complexity index is 713. The molecule has 0 bridgehead atoms. The summed E-state index contributed by atoms with van der Waals surface area (Å²) in [6.07, 6.45) is 7.65. The molecule has 0 spiro atoms. The van der Waals surface area contributed by atoms with Crippen molar-refractivity contribution >= 4 is 21.6 Å². The minimum atomic E-state index is -3.32. The number of sulfonamides is 1. The highest BCUT2D eigenvalue weighted by atomic mass is 32.2. The van der Waals surface area contributed by atoms with Gasteiger partial charge >= 0.3 is 0 Å². The molecule has 0 heterocycles. The van der Waals surface area contributed by atoms with Gasteiger partial charge in [-0.15, -0.1) is 0 Å². The lowest BCUT2D eigenvalue weighted by atomic mass is 9.87. The maximum Gasteiger partial charge on any atom is 0.225 e. The van der Waals surface area contributed by atoms with Gasteiger partial charge in [-0.3, -0.25) is 4.79 Å². The second-order valence-electron chi connectivity index (χ2n) is 8.64. The van der Waals surface area contributed by atoms with Crippen LogP contribution in [0.2, 0.25) is 0 Å². The van der Waals surface area contributed by atoms with Gasteiger partial charge in [0.1, 0.15) is 0 Å². The smallest absolute Gasteiger partial charge is 0.225 e. The van der Waals surface area contributed by atoms with E-state index in [2.05, 4.69) is 26.1 Å². The number of amides is 1. The monoisotopic (exact) mass is 394 g/mol. The van der Waals surface area contributed by atoms with Gasteiger partial charge in [0, 0.05) is 24.7 Å². The van der Waals surface area contributed by atoms with Gasteiger partial charge in [-0.05, 0) is 36.0 Å². The minimum Gasteiger partial charge on any atom is -0.326 e. The van der Waals surface area contributed by atoms with Crippen molar-refractivity contribution in [3.63, 3.8) is 0 Å². The average molecular weight is 395 g/mol. The zero-order valence-corrected chi connectivity index (χ0v) is 17.9. The fourth-order valence-electron chi connectivity index (χ4n) is 3.65. The van der Waals surface area contributed by atoms with Crippen LogP contribution < -0.4 is 5.32 Å². The number of nitrogens with one attached hydrogen (secondary N) is 1. The van der Waals surface area contributed by atoms with Crippen molar-refractivity contribution in [3.8, 4) is 0 Å². The molecule has 6 heteroatoms. The molecule has 0 saturated heterocycles. The predicted octanol–water partition coefficient (Wildman–Crippen LogP) is 4.30. The molecule has 1 aliphatic rings. The summed E-state index contributed by atoms with van der Waals surface area (Å²) < 4.78 is 26.0. The first kappa shape index (κ1) is 21.9. The van der Waals surface area contributed by atoms with E-state index < -0.39 is 10.0 Å². The maximum absolute atomic E-state index is 12.3. The van der Waals surface area contributed by atoms with Crippen molar-refractivity contribution in [3.05, 3.63) is 29.8 Å². The lowest BCUT2D eigenvalue weighted by Gasteiger charge is -2.28. The van der Waals surface area contributed by atoms with Gasteiger partial charge < -0.3 is 5.32 Å². The van der Waals surface area contributed by atoms with Crippen molar-refractivity contribution in [2.45, 2.75) is 77.2 Å². The number of anilines is 1. The van der Waals surface area contributed by atoms with Crippen LogP contribution in [-0.4, -0.2) is 37.5 Å². The van der Waals surface area contributed by atoms with E-state index in [0.717, 1.165) is 31.4 Å². The van der Waals surface area contributed by atoms with Gasteiger partial charge in [-0.1, -0.05) is 58.6 Å². The van der Waals surface area contributed by atoms with Crippen LogP contribution in [0.3, 0.4) is 0 Å². The molecule has 27 heavy (non-hydrogen) atoms. The van der Waals surface area contributed by atoms with E-state index in [1.54, 1.807) is 4.31 Å². The van der Waals surface area contributed by atoms with Crippen molar-refractivity contribution in [1.82, 2.24) is 4.31 Å². The molecule has 152 valence electrons. The molecule has 0 aromatic heterocycles. The lowest BCUT2D eigenvalue weighted by Crippen LogP contribution is -2.41. The standard InChI is InChI=1S/C21H34N2O3S/c1-21(2,3)17-11-13-18(14-12-17)22-20(24)15-16-23(27(4,25)26)19-9-7-5-6-8-10-19/h11-14,19H,5-10,15-16H2,1-4H3,(H,22,24). The van der Waals surface area contributed by atoms with Gasteiger partial charge in [0.15, 0.2) is 0 Å². The molecule has 0 aliphatic heterocycles. The zero-order chi connectivity index (χ0) is 20.1. The van der Waals surface area contributed by atoms with Crippen molar-refractivity contribution in [2.75, 3.05) is 18.1 Å². The number of benzene rings is 1. The summed E-state index contributed by atoms with van der Waals surface area (Å²) in [5.74, 6) is -0.152. The molecule has 0 unspecified atom stereocenters. The summed E-state index contributed by atoms with van der Waals surface area (Å²) >= 11 is 0. The first-order valence-electron chi connectivity index (χ1n) is 9.94. The van der Waals surface area contributed by atoms with Gasteiger partial charge in [-0.25, -0.2) is 8.42 Å². The maximum atomic E-state index is 12.3. The van der Waals surface area contributed by atoms with E-state index in [1.165, 1.54) is 24.7 Å². The first-order chi connectivity index (χ1) is 12.6. The van der Waals surface area contributed by atoms with Gasteiger partial charge in [-0.2, -0.15) is 4.31 Å². The number of hydrogen-bond acceptors (Lipinski definition) is 3. The second kappa shape index (κ2) is 9.20. The molecule has 0 radical (unpaired) electrons.